The van der Waals surface area contributed by atoms with Gasteiger partial charge in [-0.25, -0.2) is 0 Å². The number of anilines is 1. The minimum Gasteiger partial charge on any atom is -0.376 e. The smallest absolute Gasteiger partial charge is 0.275 e. The number of rotatable bonds is 3. The van der Waals surface area contributed by atoms with Crippen molar-refractivity contribution in [2.75, 3.05) is 5.32 Å². The standard InChI is InChI=1S/C18H14ClN3O4/c19-14-8-9-15(22(25)26)16-12-2-1-3-13(12)17(20-18(14)16)10-4-6-11(7-5-10)21(23)24/h1-2,4-9,12-13,17,20H,3H2/t12-,13+,17-/m0/s1. The van der Waals surface area contributed by atoms with E-state index in [9.17, 15) is 20.2 Å². The SMILES string of the molecule is O=[N+]([O-])c1ccc([C@@H]2Nc3c(Cl)ccc([N+](=O)[O-])c3[C@H]3C=CC[C@H]32)cc1. The number of non-ortho nitro benzene ring substituents is 1. The van der Waals surface area contributed by atoms with E-state index in [1.54, 1.807) is 12.1 Å². The lowest BCUT2D eigenvalue weighted by Crippen LogP contribution is -2.29. The van der Waals surface area contributed by atoms with Gasteiger partial charge < -0.3 is 5.32 Å². The van der Waals surface area contributed by atoms with Gasteiger partial charge >= 0.3 is 0 Å². The van der Waals surface area contributed by atoms with Crippen LogP contribution in [0.4, 0.5) is 17.1 Å². The van der Waals surface area contributed by atoms with Crippen LogP contribution in [0.15, 0.2) is 48.6 Å². The van der Waals surface area contributed by atoms with Crippen LogP contribution in [-0.2, 0) is 0 Å². The molecule has 7 nitrogen and oxygen atoms in total. The van der Waals surface area contributed by atoms with Gasteiger partial charge in [0.05, 0.1) is 32.2 Å². The number of nitro groups is 2. The van der Waals surface area contributed by atoms with Crippen molar-refractivity contribution in [3.8, 4) is 0 Å². The van der Waals surface area contributed by atoms with Crippen molar-refractivity contribution in [1.82, 2.24) is 0 Å². The molecule has 2 aliphatic rings. The number of nitro benzene ring substituents is 2. The Bertz CT molecular complexity index is 942. The second-order valence-corrected chi connectivity index (χ2v) is 6.84. The predicted molar refractivity (Wildman–Crippen MR) is 97.6 cm³/mol. The van der Waals surface area contributed by atoms with Gasteiger partial charge in [-0.1, -0.05) is 35.9 Å². The first-order valence-electron chi connectivity index (χ1n) is 8.11. The molecule has 2 aromatic carbocycles. The average Bonchev–Trinajstić information content (AvgIpc) is 3.11. The fourth-order valence-electron chi connectivity index (χ4n) is 3.95. The zero-order valence-electron chi connectivity index (χ0n) is 13.5. The molecule has 0 radical (unpaired) electrons. The van der Waals surface area contributed by atoms with Gasteiger partial charge in [0.15, 0.2) is 0 Å². The van der Waals surface area contributed by atoms with Gasteiger partial charge in [-0.2, -0.15) is 0 Å². The van der Waals surface area contributed by atoms with Crippen LogP contribution < -0.4 is 5.32 Å². The number of benzene rings is 2. The van der Waals surface area contributed by atoms with Gasteiger partial charge in [0.1, 0.15) is 0 Å². The highest BCUT2D eigenvalue weighted by molar-refractivity contribution is 6.33. The molecule has 2 aromatic rings. The van der Waals surface area contributed by atoms with E-state index in [2.05, 4.69) is 5.32 Å². The summed E-state index contributed by atoms with van der Waals surface area (Å²) in [4.78, 5) is 21.5. The molecular weight excluding hydrogens is 358 g/mol. The minimum absolute atomic E-state index is 0.0275. The third-order valence-electron chi connectivity index (χ3n) is 5.11. The van der Waals surface area contributed by atoms with E-state index in [0.717, 1.165) is 12.0 Å². The third kappa shape index (κ3) is 2.52. The molecule has 0 saturated carbocycles. The molecule has 132 valence electrons. The van der Waals surface area contributed by atoms with E-state index < -0.39 is 4.92 Å². The molecule has 4 rings (SSSR count). The molecule has 1 aliphatic heterocycles. The summed E-state index contributed by atoms with van der Waals surface area (Å²) in [5, 5.41) is 26.1. The molecular formula is C18H14ClN3O4. The molecule has 0 fully saturated rings. The van der Waals surface area contributed by atoms with E-state index >= 15 is 0 Å². The lowest BCUT2D eigenvalue weighted by atomic mass is 9.76. The van der Waals surface area contributed by atoms with Crippen LogP contribution in [0.25, 0.3) is 0 Å². The van der Waals surface area contributed by atoms with E-state index in [-0.39, 0.29) is 34.2 Å². The van der Waals surface area contributed by atoms with Crippen LogP contribution in [0.1, 0.15) is 29.5 Å². The maximum absolute atomic E-state index is 11.5. The first kappa shape index (κ1) is 16.5. The summed E-state index contributed by atoms with van der Waals surface area (Å²) in [6.07, 6.45) is 4.78. The van der Waals surface area contributed by atoms with Crippen LogP contribution >= 0.6 is 11.6 Å². The number of fused-ring (bicyclic) bond motifs is 3. The van der Waals surface area contributed by atoms with Crippen LogP contribution in [0.5, 0.6) is 0 Å². The summed E-state index contributed by atoms with van der Waals surface area (Å²) in [5.41, 5.74) is 2.15. The molecule has 0 bridgehead atoms. The van der Waals surface area contributed by atoms with Crippen LogP contribution in [0.2, 0.25) is 5.02 Å². The Hall–Kier alpha value is -2.93. The van der Waals surface area contributed by atoms with Gasteiger partial charge in [0, 0.05) is 24.1 Å². The fourth-order valence-corrected chi connectivity index (χ4v) is 4.17. The Kier molecular flexibility index (Phi) is 3.88. The number of hydrogen-bond acceptors (Lipinski definition) is 5. The quantitative estimate of drug-likeness (QED) is 0.466. The monoisotopic (exact) mass is 371 g/mol. The van der Waals surface area contributed by atoms with Gasteiger partial charge in [-0.05, 0) is 24.0 Å². The maximum Gasteiger partial charge on any atom is 0.275 e. The Morgan fingerprint density at radius 3 is 2.42 bits per heavy atom. The van der Waals surface area contributed by atoms with Crippen molar-refractivity contribution >= 4 is 28.7 Å². The van der Waals surface area contributed by atoms with Crippen LogP contribution in [-0.4, -0.2) is 9.85 Å². The summed E-state index contributed by atoms with van der Waals surface area (Å²) in [7, 11) is 0. The van der Waals surface area contributed by atoms with Crippen LogP contribution in [0, 0.1) is 26.1 Å². The largest absolute Gasteiger partial charge is 0.376 e. The molecule has 0 aromatic heterocycles. The molecule has 1 N–H and O–H groups in total. The van der Waals surface area contributed by atoms with Crippen molar-refractivity contribution in [3.05, 3.63) is 84.9 Å². The van der Waals surface area contributed by atoms with E-state index in [0.29, 0.717) is 16.3 Å². The average molecular weight is 372 g/mol. The maximum atomic E-state index is 11.5. The topological polar surface area (TPSA) is 98.3 Å². The number of nitrogens with one attached hydrogen (secondary N) is 1. The second kappa shape index (κ2) is 6.10. The van der Waals surface area contributed by atoms with Crippen molar-refractivity contribution in [2.24, 2.45) is 5.92 Å². The van der Waals surface area contributed by atoms with Gasteiger partial charge in [0.2, 0.25) is 0 Å². The second-order valence-electron chi connectivity index (χ2n) is 6.44. The van der Waals surface area contributed by atoms with Gasteiger partial charge in [-0.3, -0.25) is 20.2 Å². The predicted octanol–water partition coefficient (Wildman–Crippen LogP) is 4.98. The number of hydrogen-bond donors (Lipinski definition) is 1. The Morgan fingerprint density at radius 2 is 1.77 bits per heavy atom. The molecule has 3 atom stereocenters. The molecule has 0 saturated heterocycles. The third-order valence-corrected chi connectivity index (χ3v) is 5.42. The highest BCUT2D eigenvalue weighted by atomic mass is 35.5. The van der Waals surface area contributed by atoms with Crippen molar-refractivity contribution in [2.45, 2.75) is 18.4 Å². The number of halogens is 1. The molecule has 0 amide bonds. The zero-order valence-corrected chi connectivity index (χ0v) is 14.2. The van der Waals surface area contributed by atoms with E-state index in [4.69, 9.17) is 11.6 Å². The van der Waals surface area contributed by atoms with Gasteiger partial charge in [-0.15, -0.1) is 0 Å². The molecule has 8 heteroatoms. The zero-order chi connectivity index (χ0) is 18.4. The highest BCUT2D eigenvalue weighted by Gasteiger charge is 2.42. The lowest BCUT2D eigenvalue weighted by Gasteiger charge is -2.37. The number of allylic oxidation sites excluding steroid dienone is 2. The van der Waals surface area contributed by atoms with E-state index in [1.807, 2.05) is 12.2 Å². The Morgan fingerprint density at radius 1 is 1.04 bits per heavy atom. The number of nitrogens with zero attached hydrogens (tertiary/aromatic N) is 2. The molecule has 0 unspecified atom stereocenters. The lowest BCUT2D eigenvalue weighted by molar-refractivity contribution is -0.385. The molecule has 0 spiro atoms. The summed E-state index contributed by atoms with van der Waals surface area (Å²) in [5.74, 6) is -0.0355. The molecule has 1 aliphatic carbocycles. The summed E-state index contributed by atoms with van der Waals surface area (Å²) < 4.78 is 0. The fraction of sp³-hybridized carbons (Fsp3) is 0.222. The minimum atomic E-state index is -0.437. The molecule has 26 heavy (non-hydrogen) atoms. The normalized spacial score (nSPS) is 23.0. The summed E-state index contributed by atoms with van der Waals surface area (Å²) in [6, 6.07) is 9.22. The summed E-state index contributed by atoms with van der Waals surface area (Å²) >= 11 is 6.33. The molecule has 1 heterocycles. The first-order valence-corrected chi connectivity index (χ1v) is 8.49. The van der Waals surface area contributed by atoms with Crippen molar-refractivity contribution in [3.63, 3.8) is 0 Å². The van der Waals surface area contributed by atoms with E-state index in [1.165, 1.54) is 24.3 Å². The summed E-state index contributed by atoms with van der Waals surface area (Å²) in [6.45, 7) is 0. The van der Waals surface area contributed by atoms with Crippen molar-refractivity contribution < 1.29 is 9.85 Å². The Balaban J connectivity index is 1.81. The first-order chi connectivity index (χ1) is 12.5. The van der Waals surface area contributed by atoms with Gasteiger partial charge in [0.25, 0.3) is 11.4 Å². The van der Waals surface area contributed by atoms with Crippen LogP contribution in [0.3, 0.4) is 0 Å². The highest BCUT2D eigenvalue weighted by Crippen LogP contribution is 2.54. The van der Waals surface area contributed by atoms with Crippen molar-refractivity contribution in [1.29, 1.82) is 0 Å². The Labute approximate surface area is 153 Å².